The van der Waals surface area contributed by atoms with Gasteiger partial charge in [-0.05, 0) is 12.3 Å². The van der Waals surface area contributed by atoms with Crippen LogP contribution in [0.2, 0.25) is 0 Å². The number of hydrogen-bond acceptors (Lipinski definition) is 5. The fourth-order valence-electron chi connectivity index (χ4n) is 1.47. The Kier molecular flexibility index (Phi) is 5.92. The van der Waals surface area contributed by atoms with Crippen molar-refractivity contribution in [2.24, 2.45) is 5.92 Å². The number of anilines is 2. The Hall–Kier alpha value is -1.83. The van der Waals surface area contributed by atoms with Crippen LogP contribution in [0.3, 0.4) is 0 Å². The fraction of sp³-hybridized carbons (Fsp3) is 0.615. The molecule has 0 amide bonds. The topological polar surface area (TPSA) is 64.8 Å². The van der Waals surface area contributed by atoms with Crippen LogP contribution in [-0.2, 0) is 0 Å². The van der Waals surface area contributed by atoms with E-state index in [1.165, 1.54) is 0 Å². The van der Waals surface area contributed by atoms with Crippen molar-refractivity contribution in [3.05, 3.63) is 12.4 Å². The highest BCUT2D eigenvalue weighted by Crippen LogP contribution is 2.13. The molecule has 0 atom stereocenters. The molecule has 0 saturated heterocycles. The van der Waals surface area contributed by atoms with Crippen LogP contribution >= 0.6 is 0 Å². The minimum absolute atomic E-state index is 0.497. The maximum atomic E-state index is 8.56. The Bertz CT molecular complexity index is 397. The normalized spacial score (nSPS) is 10.2. The van der Waals surface area contributed by atoms with E-state index in [1.54, 1.807) is 6.33 Å². The van der Waals surface area contributed by atoms with Crippen LogP contribution in [0.4, 0.5) is 11.6 Å². The van der Waals surface area contributed by atoms with Crippen molar-refractivity contribution < 1.29 is 0 Å². The summed E-state index contributed by atoms with van der Waals surface area (Å²) in [6.07, 6.45) is 3.16. The number of nitrogens with zero attached hydrogens (tertiary/aromatic N) is 4. The van der Waals surface area contributed by atoms with E-state index in [0.29, 0.717) is 18.9 Å². The molecule has 98 valence electrons. The van der Waals surface area contributed by atoms with Gasteiger partial charge < -0.3 is 10.2 Å². The molecule has 1 aromatic heterocycles. The molecule has 0 saturated carbocycles. The van der Waals surface area contributed by atoms with Crippen LogP contribution in [0.25, 0.3) is 0 Å². The summed E-state index contributed by atoms with van der Waals surface area (Å²) in [6.45, 7) is 5.99. The van der Waals surface area contributed by atoms with E-state index in [2.05, 4.69) is 35.2 Å². The summed E-state index contributed by atoms with van der Waals surface area (Å²) < 4.78 is 0. The Morgan fingerprint density at radius 1 is 1.44 bits per heavy atom. The first-order valence-electron chi connectivity index (χ1n) is 6.27. The highest BCUT2D eigenvalue weighted by atomic mass is 15.2. The van der Waals surface area contributed by atoms with Gasteiger partial charge in [-0.15, -0.1) is 0 Å². The van der Waals surface area contributed by atoms with E-state index < -0.39 is 0 Å². The van der Waals surface area contributed by atoms with Gasteiger partial charge in [-0.25, -0.2) is 9.97 Å². The predicted octanol–water partition coefficient (Wildman–Crippen LogP) is 2.28. The van der Waals surface area contributed by atoms with Gasteiger partial charge in [0, 0.05) is 26.2 Å². The second-order valence-corrected chi connectivity index (χ2v) is 4.70. The van der Waals surface area contributed by atoms with Crippen LogP contribution in [0, 0.1) is 17.2 Å². The predicted molar refractivity (Wildman–Crippen MR) is 73.5 cm³/mol. The van der Waals surface area contributed by atoms with Crippen molar-refractivity contribution in [2.75, 3.05) is 30.4 Å². The summed E-state index contributed by atoms with van der Waals surface area (Å²) in [7, 11) is 1.93. The number of rotatable bonds is 7. The summed E-state index contributed by atoms with van der Waals surface area (Å²) in [5.41, 5.74) is 0. The fourth-order valence-corrected chi connectivity index (χ4v) is 1.47. The molecule has 0 fully saturated rings. The quantitative estimate of drug-likeness (QED) is 0.800. The van der Waals surface area contributed by atoms with Crippen LogP contribution in [0.1, 0.15) is 26.7 Å². The van der Waals surface area contributed by atoms with Gasteiger partial charge in [-0.1, -0.05) is 13.8 Å². The maximum absolute atomic E-state index is 8.56. The molecule has 0 aliphatic carbocycles. The van der Waals surface area contributed by atoms with Crippen molar-refractivity contribution in [1.82, 2.24) is 9.97 Å². The molecule has 1 N–H and O–H groups in total. The smallest absolute Gasteiger partial charge is 0.133 e. The van der Waals surface area contributed by atoms with E-state index >= 15 is 0 Å². The van der Waals surface area contributed by atoms with Crippen molar-refractivity contribution in [2.45, 2.75) is 26.7 Å². The second-order valence-electron chi connectivity index (χ2n) is 4.70. The van der Waals surface area contributed by atoms with Crippen LogP contribution in [-0.4, -0.2) is 30.1 Å². The van der Waals surface area contributed by atoms with E-state index in [-0.39, 0.29) is 0 Å². The number of nitriles is 1. The van der Waals surface area contributed by atoms with Gasteiger partial charge in [-0.2, -0.15) is 5.26 Å². The van der Waals surface area contributed by atoms with Gasteiger partial charge in [0.1, 0.15) is 18.0 Å². The molecule has 5 nitrogen and oxygen atoms in total. The summed E-state index contributed by atoms with van der Waals surface area (Å²) in [5.74, 6) is 2.36. The van der Waals surface area contributed by atoms with E-state index in [4.69, 9.17) is 5.26 Å². The molecule has 0 radical (unpaired) electrons. The number of aromatic nitrogens is 2. The standard InChI is InChI=1S/C13H21N5/c1-11(2)5-7-15-12-9-13(17-10-16-12)18(3)8-4-6-14/h9-11H,4-5,7-8H2,1-3H3,(H,15,16,17). The molecule has 18 heavy (non-hydrogen) atoms. The Labute approximate surface area is 109 Å². The lowest BCUT2D eigenvalue weighted by Crippen LogP contribution is -2.19. The highest BCUT2D eigenvalue weighted by Gasteiger charge is 2.04. The first kappa shape index (κ1) is 14.2. The van der Waals surface area contributed by atoms with Crippen molar-refractivity contribution in [3.63, 3.8) is 0 Å². The molecular weight excluding hydrogens is 226 g/mol. The zero-order chi connectivity index (χ0) is 13.4. The van der Waals surface area contributed by atoms with Crippen LogP contribution in [0.5, 0.6) is 0 Å². The van der Waals surface area contributed by atoms with Gasteiger partial charge in [0.15, 0.2) is 0 Å². The number of hydrogen-bond donors (Lipinski definition) is 1. The molecule has 1 heterocycles. The summed E-state index contributed by atoms with van der Waals surface area (Å²) in [5, 5.41) is 11.8. The van der Waals surface area contributed by atoms with Gasteiger partial charge in [0.25, 0.3) is 0 Å². The molecule has 0 aromatic carbocycles. The summed E-state index contributed by atoms with van der Waals surface area (Å²) in [6, 6.07) is 4.04. The zero-order valence-corrected chi connectivity index (χ0v) is 11.3. The maximum Gasteiger partial charge on any atom is 0.133 e. The zero-order valence-electron chi connectivity index (χ0n) is 11.3. The monoisotopic (exact) mass is 247 g/mol. The summed E-state index contributed by atoms with van der Waals surface area (Å²) >= 11 is 0. The largest absolute Gasteiger partial charge is 0.370 e. The summed E-state index contributed by atoms with van der Waals surface area (Å²) in [4.78, 5) is 10.3. The first-order chi connectivity index (χ1) is 8.63. The lowest BCUT2D eigenvalue weighted by Gasteiger charge is -2.17. The Morgan fingerprint density at radius 3 is 2.89 bits per heavy atom. The molecule has 0 aliphatic heterocycles. The van der Waals surface area contributed by atoms with Gasteiger partial charge >= 0.3 is 0 Å². The third kappa shape index (κ3) is 5.00. The van der Waals surface area contributed by atoms with Crippen LogP contribution in [0.15, 0.2) is 12.4 Å². The highest BCUT2D eigenvalue weighted by molar-refractivity contribution is 5.47. The lowest BCUT2D eigenvalue weighted by molar-refractivity contribution is 0.606. The van der Waals surface area contributed by atoms with Gasteiger partial charge in [0.2, 0.25) is 0 Å². The van der Waals surface area contributed by atoms with E-state index in [0.717, 1.165) is 24.6 Å². The first-order valence-corrected chi connectivity index (χ1v) is 6.27. The SMILES string of the molecule is CC(C)CCNc1cc(N(C)CCC#N)ncn1. The molecule has 0 spiro atoms. The van der Waals surface area contributed by atoms with E-state index in [1.807, 2.05) is 18.0 Å². The molecule has 5 heteroatoms. The molecule has 0 unspecified atom stereocenters. The molecule has 0 aliphatic rings. The molecular formula is C13H21N5. The van der Waals surface area contributed by atoms with Crippen LogP contribution < -0.4 is 10.2 Å². The van der Waals surface area contributed by atoms with E-state index in [9.17, 15) is 0 Å². The third-order valence-electron chi connectivity index (χ3n) is 2.63. The lowest BCUT2D eigenvalue weighted by atomic mass is 10.1. The third-order valence-corrected chi connectivity index (χ3v) is 2.63. The Balaban J connectivity index is 2.53. The molecule has 1 rings (SSSR count). The average Bonchev–Trinajstić information content (AvgIpc) is 2.36. The minimum Gasteiger partial charge on any atom is -0.370 e. The second kappa shape index (κ2) is 7.49. The van der Waals surface area contributed by atoms with Gasteiger partial charge in [0.05, 0.1) is 12.5 Å². The van der Waals surface area contributed by atoms with Crippen molar-refractivity contribution >= 4 is 11.6 Å². The van der Waals surface area contributed by atoms with Crippen molar-refractivity contribution in [1.29, 1.82) is 5.26 Å². The minimum atomic E-state index is 0.497. The van der Waals surface area contributed by atoms with Gasteiger partial charge in [-0.3, -0.25) is 0 Å². The Morgan fingerprint density at radius 2 is 2.22 bits per heavy atom. The average molecular weight is 247 g/mol. The van der Waals surface area contributed by atoms with Crippen molar-refractivity contribution in [3.8, 4) is 6.07 Å². The molecule has 1 aromatic rings. The molecule has 0 bridgehead atoms. The number of nitrogens with one attached hydrogen (secondary N) is 1.